The molecule has 1 amide bonds. The molecule has 4 aromatic rings. The van der Waals surface area contributed by atoms with E-state index >= 15 is 0 Å². The summed E-state index contributed by atoms with van der Waals surface area (Å²) in [4.78, 5) is 21.8. The molecule has 0 unspecified atom stereocenters. The van der Waals surface area contributed by atoms with Crippen molar-refractivity contribution in [3.63, 3.8) is 0 Å². The van der Waals surface area contributed by atoms with Crippen LogP contribution in [0.4, 0.5) is 20.4 Å². The topological polar surface area (TPSA) is 72.1 Å². The summed E-state index contributed by atoms with van der Waals surface area (Å²) in [5.41, 5.74) is 1.69. The maximum atomic E-state index is 14.1. The molecule has 150 valence electrons. The van der Waals surface area contributed by atoms with Gasteiger partial charge in [0.2, 0.25) is 11.8 Å². The van der Waals surface area contributed by atoms with E-state index in [0.29, 0.717) is 22.5 Å². The summed E-state index contributed by atoms with van der Waals surface area (Å²) in [5.74, 6) is -1.60. The highest BCUT2D eigenvalue weighted by molar-refractivity contribution is 6.34. The minimum atomic E-state index is -0.692. The fourth-order valence-corrected chi connectivity index (χ4v) is 3.21. The van der Waals surface area contributed by atoms with Crippen LogP contribution in [0.3, 0.4) is 0 Å². The summed E-state index contributed by atoms with van der Waals surface area (Å²) in [7, 11) is 0. The van der Waals surface area contributed by atoms with Crippen LogP contribution in [0.1, 0.15) is 6.92 Å². The Hall–Kier alpha value is -3.65. The number of anilines is 2. The van der Waals surface area contributed by atoms with Gasteiger partial charge in [-0.05, 0) is 42.5 Å². The van der Waals surface area contributed by atoms with Crippen LogP contribution in [0.5, 0.6) is 0 Å². The summed E-state index contributed by atoms with van der Waals surface area (Å²) in [6, 6.07) is 11.3. The van der Waals surface area contributed by atoms with Gasteiger partial charge in [-0.3, -0.25) is 4.79 Å². The number of carbonyl (C=O) groups excluding carboxylic acids is 1. The lowest BCUT2D eigenvalue weighted by Crippen LogP contribution is -2.23. The van der Waals surface area contributed by atoms with Gasteiger partial charge in [0.1, 0.15) is 28.7 Å². The van der Waals surface area contributed by atoms with Crippen molar-refractivity contribution < 1.29 is 18.1 Å². The molecule has 0 aliphatic rings. The number of hydrogen-bond acceptors (Lipinski definition) is 5. The Morgan fingerprint density at radius 2 is 1.87 bits per heavy atom. The second-order valence-electron chi connectivity index (χ2n) is 6.24. The number of rotatable bonds is 4. The van der Waals surface area contributed by atoms with Gasteiger partial charge in [-0.1, -0.05) is 22.8 Å². The van der Waals surface area contributed by atoms with Crippen molar-refractivity contribution in [1.29, 1.82) is 0 Å². The number of amides is 1. The minimum absolute atomic E-state index is 0.00646. The molecule has 0 atom stereocenters. The third-order valence-corrected chi connectivity index (χ3v) is 4.69. The Bertz CT molecular complexity index is 1210. The highest BCUT2D eigenvalue weighted by atomic mass is 35.5. The first-order valence-corrected chi connectivity index (χ1v) is 9.12. The Kier molecular flexibility index (Phi) is 5.24. The highest BCUT2D eigenvalue weighted by Crippen LogP contribution is 2.43. The zero-order chi connectivity index (χ0) is 21.3. The number of hydrogen-bond donors (Lipinski definition) is 0. The fraction of sp³-hybridized carbons (Fsp3) is 0.0476. The van der Waals surface area contributed by atoms with Crippen molar-refractivity contribution in [3.8, 4) is 22.5 Å². The first-order valence-electron chi connectivity index (χ1n) is 8.74. The fourth-order valence-electron chi connectivity index (χ4n) is 3.00. The van der Waals surface area contributed by atoms with Crippen molar-refractivity contribution in [2.24, 2.45) is 0 Å². The van der Waals surface area contributed by atoms with Gasteiger partial charge in [0.05, 0.1) is 16.9 Å². The van der Waals surface area contributed by atoms with Crippen molar-refractivity contribution in [2.45, 2.75) is 6.92 Å². The minimum Gasteiger partial charge on any atom is -0.336 e. The van der Waals surface area contributed by atoms with E-state index < -0.39 is 17.5 Å². The van der Waals surface area contributed by atoms with Crippen LogP contribution in [0, 0.1) is 11.6 Å². The van der Waals surface area contributed by atoms with E-state index in [4.69, 9.17) is 16.1 Å². The lowest BCUT2D eigenvalue weighted by Gasteiger charge is -2.20. The van der Waals surface area contributed by atoms with Gasteiger partial charge in [-0.15, -0.1) is 0 Å². The Balaban J connectivity index is 1.98. The molecule has 0 N–H and O–H groups in total. The normalized spacial score (nSPS) is 10.8. The van der Waals surface area contributed by atoms with Gasteiger partial charge in [0.15, 0.2) is 0 Å². The average molecular weight is 427 g/mol. The summed E-state index contributed by atoms with van der Waals surface area (Å²) < 4.78 is 33.0. The Labute approximate surface area is 174 Å². The predicted octanol–water partition coefficient (Wildman–Crippen LogP) is 5.41. The smallest absolute Gasteiger partial charge is 0.248 e. The molecule has 4 rings (SSSR count). The first-order chi connectivity index (χ1) is 14.5. The van der Waals surface area contributed by atoms with Gasteiger partial charge in [0, 0.05) is 18.7 Å². The van der Waals surface area contributed by atoms with Crippen molar-refractivity contribution in [2.75, 3.05) is 4.90 Å². The Morgan fingerprint density at radius 3 is 2.53 bits per heavy atom. The molecule has 0 bridgehead atoms. The summed E-state index contributed by atoms with van der Waals surface area (Å²) in [6.07, 6.45) is 2.84. The molecule has 2 aromatic carbocycles. The van der Waals surface area contributed by atoms with Crippen molar-refractivity contribution in [1.82, 2.24) is 15.1 Å². The highest BCUT2D eigenvalue weighted by Gasteiger charge is 2.30. The zero-order valence-electron chi connectivity index (χ0n) is 15.5. The third kappa shape index (κ3) is 3.53. The molecule has 9 heteroatoms. The van der Waals surface area contributed by atoms with E-state index in [9.17, 15) is 13.6 Å². The van der Waals surface area contributed by atoms with Gasteiger partial charge in [-0.25, -0.2) is 23.6 Å². The van der Waals surface area contributed by atoms with Gasteiger partial charge >= 0.3 is 0 Å². The van der Waals surface area contributed by atoms with Crippen molar-refractivity contribution in [3.05, 3.63) is 77.7 Å². The largest absolute Gasteiger partial charge is 0.336 e. The maximum Gasteiger partial charge on any atom is 0.248 e. The first kappa shape index (κ1) is 19.7. The molecule has 0 radical (unpaired) electrons. The van der Waals surface area contributed by atoms with Crippen LogP contribution in [-0.4, -0.2) is 21.0 Å². The van der Waals surface area contributed by atoms with Crippen molar-refractivity contribution >= 4 is 29.1 Å². The molecule has 2 heterocycles. The van der Waals surface area contributed by atoms with Gasteiger partial charge in [0.25, 0.3) is 0 Å². The number of benzene rings is 2. The maximum absolute atomic E-state index is 14.1. The van der Waals surface area contributed by atoms with Crippen LogP contribution in [0.25, 0.3) is 22.5 Å². The van der Waals surface area contributed by atoms with E-state index in [-0.39, 0.29) is 16.6 Å². The number of nitrogens with zero attached hydrogens (tertiary/aromatic N) is 4. The van der Waals surface area contributed by atoms with Crippen LogP contribution in [-0.2, 0) is 4.79 Å². The number of halogens is 3. The molecule has 0 aliphatic carbocycles. The summed E-state index contributed by atoms with van der Waals surface area (Å²) in [6.45, 7) is 1.28. The van der Waals surface area contributed by atoms with Crippen LogP contribution in [0.2, 0.25) is 5.02 Å². The van der Waals surface area contributed by atoms with Gasteiger partial charge < -0.3 is 4.52 Å². The predicted molar refractivity (Wildman–Crippen MR) is 107 cm³/mol. The molecule has 30 heavy (non-hydrogen) atoms. The zero-order valence-corrected chi connectivity index (χ0v) is 16.3. The molecule has 2 aromatic heterocycles. The quantitative estimate of drug-likeness (QED) is 0.436. The molecular formula is C21H13ClF2N4O2. The van der Waals surface area contributed by atoms with E-state index in [1.165, 1.54) is 61.9 Å². The molecule has 6 nitrogen and oxygen atoms in total. The van der Waals surface area contributed by atoms with E-state index in [1.54, 1.807) is 6.07 Å². The molecule has 0 saturated carbocycles. The lowest BCUT2D eigenvalue weighted by molar-refractivity contribution is -0.116. The molecule has 0 fully saturated rings. The number of carbonyl (C=O) groups is 1. The van der Waals surface area contributed by atoms with E-state index in [0.717, 1.165) is 4.90 Å². The standard InChI is InChI=1S/C21H13ClF2N4O2/c1-12(29)28(17-4-2-3-15(24)19(17)22)21-18(16-9-10-25-11-26-16)20(27-30-21)13-5-7-14(23)8-6-13/h2-11H,1H3. The second kappa shape index (κ2) is 8.00. The third-order valence-electron chi connectivity index (χ3n) is 4.32. The van der Waals surface area contributed by atoms with Crippen LogP contribution < -0.4 is 4.90 Å². The Morgan fingerprint density at radius 1 is 1.10 bits per heavy atom. The second-order valence-corrected chi connectivity index (χ2v) is 6.62. The molecule has 0 aliphatic heterocycles. The van der Waals surface area contributed by atoms with Crippen LogP contribution in [0.15, 0.2) is 65.6 Å². The summed E-state index contributed by atoms with van der Waals surface area (Å²) in [5, 5.41) is 3.84. The number of aromatic nitrogens is 3. The molecule has 0 saturated heterocycles. The van der Waals surface area contributed by atoms with Gasteiger partial charge in [-0.2, -0.15) is 0 Å². The monoisotopic (exact) mass is 426 g/mol. The SMILES string of the molecule is CC(=O)N(c1cccc(F)c1Cl)c1onc(-c2ccc(F)cc2)c1-c1ccncn1. The van der Waals surface area contributed by atoms with Crippen LogP contribution >= 0.6 is 11.6 Å². The lowest BCUT2D eigenvalue weighted by atomic mass is 10.0. The molecular weight excluding hydrogens is 414 g/mol. The molecule has 0 spiro atoms. The summed E-state index contributed by atoms with van der Waals surface area (Å²) >= 11 is 6.12. The van der Waals surface area contributed by atoms with E-state index in [2.05, 4.69) is 15.1 Å². The average Bonchev–Trinajstić information content (AvgIpc) is 3.17. The van der Waals surface area contributed by atoms with E-state index in [1.807, 2.05) is 0 Å².